The van der Waals surface area contributed by atoms with E-state index in [1.807, 2.05) is 12.1 Å². The third-order valence-electron chi connectivity index (χ3n) is 6.25. The Kier molecular flexibility index (Phi) is 8.91. The van der Waals surface area contributed by atoms with Crippen molar-refractivity contribution in [3.8, 4) is 11.5 Å². The lowest BCUT2D eigenvalue weighted by molar-refractivity contribution is 0.125. The molecule has 1 aliphatic rings. The van der Waals surface area contributed by atoms with Gasteiger partial charge in [0.05, 0.1) is 28.7 Å². The molecule has 0 radical (unpaired) electrons. The molecule has 37 heavy (non-hydrogen) atoms. The second-order valence-electron chi connectivity index (χ2n) is 8.47. The fourth-order valence-corrected chi connectivity index (χ4v) is 4.70. The molecule has 1 fully saturated rings. The topological polar surface area (TPSA) is 98.4 Å². The number of halogens is 3. The first-order valence-electron chi connectivity index (χ1n) is 11.8. The number of anilines is 2. The number of fused-ring (bicyclic) bond motifs is 1. The lowest BCUT2D eigenvalue weighted by Crippen LogP contribution is -2.33. The minimum Gasteiger partial charge on any atom is -0.493 e. The number of aromatic nitrogens is 4. The Morgan fingerprint density at radius 1 is 1.11 bits per heavy atom. The number of rotatable bonds is 8. The third kappa shape index (κ3) is 6.01. The maximum Gasteiger partial charge on any atom is 0.244 e. The van der Waals surface area contributed by atoms with Gasteiger partial charge < -0.3 is 19.3 Å². The van der Waals surface area contributed by atoms with E-state index in [4.69, 9.17) is 37.2 Å². The fraction of sp³-hybridized carbons (Fsp3) is 0.360. The van der Waals surface area contributed by atoms with E-state index in [0.29, 0.717) is 44.6 Å². The minimum atomic E-state index is 0. The van der Waals surface area contributed by atoms with Crippen molar-refractivity contribution in [3.63, 3.8) is 0 Å². The standard InChI is InChI=1S/C25H26Cl2N6O3.ClH/c1-3-33-9-5-4-6-20(33)25-31-23(32-36-25)13-35-22-12-19-16(11-21(22)34-2)24(29-14-28-19)30-15-7-8-17(26)18(27)10-15;/h7-8,10-12,14,20H,3-6,9,13H2,1-2H3,(H,28,29,30);1H. The first-order valence-corrected chi connectivity index (χ1v) is 12.6. The van der Waals surface area contributed by atoms with Gasteiger partial charge in [0.1, 0.15) is 12.1 Å². The van der Waals surface area contributed by atoms with Gasteiger partial charge in [-0.25, -0.2) is 9.97 Å². The van der Waals surface area contributed by atoms with E-state index in [9.17, 15) is 0 Å². The summed E-state index contributed by atoms with van der Waals surface area (Å²) in [5, 5.41) is 9.08. The molecule has 1 N–H and O–H groups in total. The van der Waals surface area contributed by atoms with Crippen molar-refractivity contribution in [2.24, 2.45) is 0 Å². The molecule has 1 saturated heterocycles. The SMILES string of the molecule is CCN1CCCCC1c1nc(COc2cc3ncnc(Nc4ccc(Cl)c(Cl)c4)c3cc2OC)no1.Cl. The number of methoxy groups -OCH3 is 1. The summed E-state index contributed by atoms with van der Waals surface area (Å²) >= 11 is 12.2. The highest BCUT2D eigenvalue weighted by atomic mass is 35.5. The highest BCUT2D eigenvalue weighted by Gasteiger charge is 2.27. The normalized spacial score (nSPS) is 15.8. The van der Waals surface area contributed by atoms with Crippen LogP contribution in [0.3, 0.4) is 0 Å². The van der Waals surface area contributed by atoms with E-state index in [2.05, 4.69) is 37.2 Å². The van der Waals surface area contributed by atoms with Crippen LogP contribution in [0.2, 0.25) is 10.0 Å². The monoisotopic (exact) mass is 564 g/mol. The van der Waals surface area contributed by atoms with Gasteiger partial charge in [0.25, 0.3) is 0 Å². The molecule has 196 valence electrons. The van der Waals surface area contributed by atoms with Crippen molar-refractivity contribution in [2.75, 3.05) is 25.5 Å². The van der Waals surface area contributed by atoms with Crippen LogP contribution in [0.4, 0.5) is 11.5 Å². The molecule has 9 nitrogen and oxygen atoms in total. The molecule has 2 aromatic carbocycles. The van der Waals surface area contributed by atoms with Gasteiger partial charge in [-0.2, -0.15) is 4.98 Å². The van der Waals surface area contributed by atoms with Gasteiger partial charge in [-0.3, -0.25) is 4.90 Å². The van der Waals surface area contributed by atoms with Gasteiger partial charge in [0.15, 0.2) is 18.1 Å². The molecule has 2 aromatic heterocycles. The van der Waals surface area contributed by atoms with Crippen LogP contribution in [-0.4, -0.2) is 45.2 Å². The molecule has 5 rings (SSSR count). The van der Waals surface area contributed by atoms with Crippen LogP contribution in [0.1, 0.15) is 43.9 Å². The zero-order chi connectivity index (χ0) is 25.1. The molecule has 1 aliphatic heterocycles. The van der Waals surface area contributed by atoms with Gasteiger partial charge in [0.2, 0.25) is 11.7 Å². The number of likely N-dealkylation sites (tertiary alicyclic amines) is 1. The van der Waals surface area contributed by atoms with Crippen LogP contribution in [0, 0.1) is 0 Å². The smallest absolute Gasteiger partial charge is 0.244 e. The van der Waals surface area contributed by atoms with Crippen LogP contribution in [0.15, 0.2) is 41.2 Å². The summed E-state index contributed by atoms with van der Waals surface area (Å²) in [5.74, 6) is 2.77. The van der Waals surface area contributed by atoms with E-state index in [-0.39, 0.29) is 25.1 Å². The number of nitrogens with zero attached hydrogens (tertiary/aromatic N) is 5. The summed E-state index contributed by atoms with van der Waals surface area (Å²) in [5.41, 5.74) is 1.43. The quantitative estimate of drug-likeness (QED) is 0.253. The molecule has 4 aromatic rings. The summed E-state index contributed by atoms with van der Waals surface area (Å²) in [6.45, 7) is 4.30. The number of piperidine rings is 1. The van der Waals surface area contributed by atoms with Crippen LogP contribution in [0.25, 0.3) is 10.9 Å². The molecule has 0 amide bonds. The fourth-order valence-electron chi connectivity index (χ4n) is 4.40. The molecule has 0 aliphatic carbocycles. The average molecular weight is 566 g/mol. The Morgan fingerprint density at radius 3 is 2.76 bits per heavy atom. The zero-order valence-corrected chi connectivity index (χ0v) is 22.7. The predicted octanol–water partition coefficient (Wildman–Crippen LogP) is 6.62. The highest BCUT2D eigenvalue weighted by Crippen LogP contribution is 2.36. The van der Waals surface area contributed by atoms with Crippen LogP contribution in [0.5, 0.6) is 11.5 Å². The van der Waals surface area contributed by atoms with Crippen LogP contribution >= 0.6 is 35.6 Å². The summed E-state index contributed by atoms with van der Waals surface area (Å²) < 4.78 is 17.2. The Morgan fingerprint density at radius 2 is 1.97 bits per heavy atom. The molecular weight excluding hydrogens is 539 g/mol. The Hall–Kier alpha value is -2.85. The molecule has 3 heterocycles. The largest absolute Gasteiger partial charge is 0.493 e. The van der Waals surface area contributed by atoms with E-state index in [0.717, 1.165) is 37.0 Å². The predicted molar refractivity (Wildman–Crippen MR) is 146 cm³/mol. The lowest BCUT2D eigenvalue weighted by atomic mass is 10.0. The Balaban J connectivity index is 0.00000320. The molecule has 0 spiro atoms. The first kappa shape index (κ1) is 27.2. The minimum absolute atomic E-state index is 0. The van der Waals surface area contributed by atoms with Crippen molar-refractivity contribution in [1.29, 1.82) is 0 Å². The number of benzene rings is 2. The van der Waals surface area contributed by atoms with E-state index >= 15 is 0 Å². The zero-order valence-electron chi connectivity index (χ0n) is 20.4. The van der Waals surface area contributed by atoms with Crippen molar-refractivity contribution in [2.45, 2.75) is 38.8 Å². The number of ether oxygens (including phenoxy) is 2. The number of hydrogen-bond donors (Lipinski definition) is 1. The first-order chi connectivity index (χ1) is 17.6. The second-order valence-corrected chi connectivity index (χ2v) is 9.29. The van der Waals surface area contributed by atoms with Crippen LogP contribution in [-0.2, 0) is 6.61 Å². The summed E-state index contributed by atoms with van der Waals surface area (Å²) in [6, 6.07) is 9.07. The molecule has 0 saturated carbocycles. The van der Waals surface area contributed by atoms with E-state index < -0.39 is 0 Å². The van der Waals surface area contributed by atoms with Crippen molar-refractivity contribution >= 4 is 58.0 Å². The molecule has 1 atom stereocenters. The lowest BCUT2D eigenvalue weighted by Gasteiger charge is -2.32. The van der Waals surface area contributed by atoms with Crippen LogP contribution < -0.4 is 14.8 Å². The maximum atomic E-state index is 6.15. The Bertz CT molecular complexity index is 1370. The number of hydrogen-bond acceptors (Lipinski definition) is 9. The number of nitrogens with one attached hydrogen (secondary N) is 1. The van der Waals surface area contributed by atoms with E-state index in [1.54, 1.807) is 25.3 Å². The van der Waals surface area contributed by atoms with Gasteiger partial charge in [0, 0.05) is 17.1 Å². The summed E-state index contributed by atoms with van der Waals surface area (Å²) in [6.07, 6.45) is 4.86. The molecule has 0 bridgehead atoms. The second kappa shape index (κ2) is 12.1. The van der Waals surface area contributed by atoms with Gasteiger partial charge in [-0.1, -0.05) is 41.7 Å². The van der Waals surface area contributed by atoms with Crippen molar-refractivity contribution < 1.29 is 14.0 Å². The highest BCUT2D eigenvalue weighted by molar-refractivity contribution is 6.42. The maximum absolute atomic E-state index is 6.15. The van der Waals surface area contributed by atoms with Gasteiger partial charge >= 0.3 is 0 Å². The van der Waals surface area contributed by atoms with Crippen molar-refractivity contribution in [1.82, 2.24) is 25.0 Å². The summed E-state index contributed by atoms with van der Waals surface area (Å²) in [4.78, 5) is 15.8. The molecule has 1 unspecified atom stereocenters. The van der Waals surface area contributed by atoms with Gasteiger partial charge in [-0.05, 0) is 50.2 Å². The van der Waals surface area contributed by atoms with E-state index in [1.165, 1.54) is 12.7 Å². The van der Waals surface area contributed by atoms with Gasteiger partial charge in [-0.15, -0.1) is 12.4 Å². The third-order valence-corrected chi connectivity index (χ3v) is 6.99. The average Bonchev–Trinajstić information content (AvgIpc) is 3.38. The summed E-state index contributed by atoms with van der Waals surface area (Å²) in [7, 11) is 1.58. The molecular formula is C25H27Cl3N6O3. The molecule has 12 heteroatoms. The Labute approximate surface area is 230 Å². The van der Waals surface area contributed by atoms with Crippen molar-refractivity contribution in [3.05, 3.63) is 58.4 Å².